The van der Waals surface area contributed by atoms with Gasteiger partial charge in [0.15, 0.2) is 0 Å². The summed E-state index contributed by atoms with van der Waals surface area (Å²) >= 11 is 0. The van der Waals surface area contributed by atoms with Gasteiger partial charge in [-0.2, -0.15) is 0 Å². The quantitative estimate of drug-likeness (QED) is 0.620. The van der Waals surface area contributed by atoms with Gasteiger partial charge in [0.05, 0.1) is 4.92 Å². The van der Waals surface area contributed by atoms with Gasteiger partial charge in [-0.15, -0.1) is 0 Å². The lowest BCUT2D eigenvalue weighted by atomic mass is 10.1. The van der Waals surface area contributed by atoms with E-state index >= 15 is 0 Å². The van der Waals surface area contributed by atoms with Crippen molar-refractivity contribution in [2.45, 2.75) is 33.2 Å². The molecule has 0 aromatic heterocycles. The number of nitrogens with one attached hydrogen (secondary N) is 1. The molecular formula is C14H20N2O2. The van der Waals surface area contributed by atoms with Crippen LogP contribution in [0.1, 0.15) is 32.8 Å². The van der Waals surface area contributed by atoms with Gasteiger partial charge in [-0.1, -0.05) is 32.4 Å². The highest BCUT2D eigenvalue weighted by atomic mass is 16.6. The minimum atomic E-state index is -0.380. The van der Waals surface area contributed by atoms with Crippen molar-refractivity contribution in [3.05, 3.63) is 45.5 Å². The topological polar surface area (TPSA) is 55.2 Å². The number of nitrogens with zero attached hydrogens (tertiary/aromatic N) is 1. The standard InChI is InChI=1S/C14H20N2O2/c1-4-12(10-15-11(2)3)9-13-5-7-14(8-6-13)16(17)18/h5-9,11,15H,4,10H2,1-3H3. The van der Waals surface area contributed by atoms with E-state index in [1.165, 1.54) is 17.7 Å². The van der Waals surface area contributed by atoms with Gasteiger partial charge in [0.2, 0.25) is 0 Å². The molecule has 1 rings (SSSR count). The first-order valence-corrected chi connectivity index (χ1v) is 6.20. The summed E-state index contributed by atoms with van der Waals surface area (Å²) in [6.45, 7) is 7.18. The first kappa shape index (κ1) is 14.4. The fraction of sp³-hybridized carbons (Fsp3) is 0.429. The van der Waals surface area contributed by atoms with Crippen molar-refractivity contribution < 1.29 is 4.92 Å². The fourth-order valence-corrected chi connectivity index (χ4v) is 1.54. The molecule has 0 aliphatic carbocycles. The van der Waals surface area contributed by atoms with E-state index in [4.69, 9.17) is 0 Å². The predicted octanol–water partition coefficient (Wildman–Crippen LogP) is 3.39. The molecule has 0 aliphatic rings. The smallest absolute Gasteiger partial charge is 0.269 e. The minimum Gasteiger partial charge on any atom is -0.311 e. The number of nitro benzene ring substituents is 1. The van der Waals surface area contributed by atoms with Crippen molar-refractivity contribution >= 4 is 11.8 Å². The zero-order chi connectivity index (χ0) is 13.5. The second kappa shape index (κ2) is 6.91. The summed E-state index contributed by atoms with van der Waals surface area (Å²) in [5, 5.41) is 13.9. The normalized spacial score (nSPS) is 11.9. The maximum atomic E-state index is 10.5. The SMILES string of the molecule is CCC(=Cc1ccc([N+](=O)[O-])cc1)CNC(C)C. The molecule has 0 radical (unpaired) electrons. The third-order valence-electron chi connectivity index (χ3n) is 2.67. The van der Waals surface area contributed by atoms with Crippen LogP contribution >= 0.6 is 0 Å². The lowest BCUT2D eigenvalue weighted by Gasteiger charge is -2.10. The molecule has 1 aromatic rings. The Morgan fingerprint density at radius 3 is 2.44 bits per heavy atom. The van der Waals surface area contributed by atoms with Crippen LogP contribution in [0.3, 0.4) is 0 Å². The van der Waals surface area contributed by atoms with Gasteiger partial charge in [-0.05, 0) is 24.1 Å². The summed E-state index contributed by atoms with van der Waals surface area (Å²) in [4.78, 5) is 10.2. The molecule has 0 aliphatic heterocycles. The van der Waals surface area contributed by atoms with E-state index in [0.717, 1.165) is 18.5 Å². The third kappa shape index (κ3) is 4.67. The number of benzene rings is 1. The van der Waals surface area contributed by atoms with Crippen LogP contribution in [0, 0.1) is 10.1 Å². The molecule has 18 heavy (non-hydrogen) atoms. The zero-order valence-electron chi connectivity index (χ0n) is 11.1. The molecule has 0 amide bonds. The zero-order valence-corrected chi connectivity index (χ0v) is 11.1. The first-order chi connectivity index (χ1) is 8.52. The maximum Gasteiger partial charge on any atom is 0.269 e. The predicted molar refractivity (Wildman–Crippen MR) is 74.5 cm³/mol. The van der Waals surface area contributed by atoms with Gasteiger partial charge in [-0.25, -0.2) is 0 Å². The van der Waals surface area contributed by atoms with Crippen molar-refractivity contribution in [1.82, 2.24) is 5.32 Å². The van der Waals surface area contributed by atoms with E-state index in [-0.39, 0.29) is 10.6 Å². The Balaban J connectivity index is 2.75. The molecule has 4 nitrogen and oxygen atoms in total. The molecule has 0 bridgehead atoms. The van der Waals surface area contributed by atoms with Crippen LogP contribution in [0.4, 0.5) is 5.69 Å². The van der Waals surface area contributed by atoms with Crippen LogP contribution in [0.2, 0.25) is 0 Å². The second-order valence-electron chi connectivity index (χ2n) is 4.54. The lowest BCUT2D eigenvalue weighted by Crippen LogP contribution is -2.24. The van der Waals surface area contributed by atoms with Gasteiger partial charge in [-0.3, -0.25) is 10.1 Å². The van der Waals surface area contributed by atoms with Gasteiger partial charge < -0.3 is 5.32 Å². The Hall–Kier alpha value is -1.68. The summed E-state index contributed by atoms with van der Waals surface area (Å²) in [5.41, 5.74) is 2.42. The Morgan fingerprint density at radius 1 is 1.39 bits per heavy atom. The van der Waals surface area contributed by atoms with Crippen molar-refractivity contribution in [3.63, 3.8) is 0 Å². The Bertz CT molecular complexity index is 422. The number of hydrogen-bond donors (Lipinski definition) is 1. The number of non-ortho nitro benzene ring substituents is 1. The Labute approximate surface area is 108 Å². The lowest BCUT2D eigenvalue weighted by molar-refractivity contribution is -0.384. The van der Waals surface area contributed by atoms with Crippen LogP contribution in [0.5, 0.6) is 0 Å². The van der Waals surface area contributed by atoms with Gasteiger partial charge >= 0.3 is 0 Å². The summed E-state index contributed by atoms with van der Waals surface area (Å²) in [5.74, 6) is 0. The van der Waals surface area contributed by atoms with E-state index in [2.05, 4.69) is 32.2 Å². The van der Waals surface area contributed by atoms with Crippen LogP contribution in [0.25, 0.3) is 6.08 Å². The minimum absolute atomic E-state index is 0.130. The Morgan fingerprint density at radius 2 is 2.00 bits per heavy atom. The van der Waals surface area contributed by atoms with Crippen molar-refractivity contribution in [2.24, 2.45) is 0 Å². The molecule has 1 aromatic carbocycles. The summed E-state index contributed by atoms with van der Waals surface area (Å²) in [6.07, 6.45) is 3.05. The van der Waals surface area contributed by atoms with Crippen molar-refractivity contribution in [2.75, 3.05) is 6.54 Å². The van der Waals surface area contributed by atoms with Gasteiger partial charge in [0.1, 0.15) is 0 Å². The van der Waals surface area contributed by atoms with Crippen LogP contribution < -0.4 is 5.32 Å². The highest BCUT2D eigenvalue weighted by molar-refractivity contribution is 5.55. The van der Waals surface area contributed by atoms with E-state index in [0.29, 0.717) is 6.04 Å². The van der Waals surface area contributed by atoms with Crippen molar-refractivity contribution in [3.8, 4) is 0 Å². The van der Waals surface area contributed by atoms with Crippen LogP contribution in [-0.2, 0) is 0 Å². The average molecular weight is 248 g/mol. The van der Waals surface area contributed by atoms with E-state index in [1.54, 1.807) is 12.1 Å². The highest BCUT2D eigenvalue weighted by Gasteiger charge is 2.03. The molecule has 98 valence electrons. The van der Waals surface area contributed by atoms with Crippen LogP contribution in [-0.4, -0.2) is 17.5 Å². The average Bonchev–Trinajstić information content (AvgIpc) is 2.34. The molecular weight excluding hydrogens is 228 g/mol. The van der Waals surface area contributed by atoms with E-state index in [9.17, 15) is 10.1 Å². The van der Waals surface area contributed by atoms with Crippen LogP contribution in [0.15, 0.2) is 29.8 Å². The summed E-state index contributed by atoms with van der Waals surface area (Å²) in [6, 6.07) is 7.09. The third-order valence-corrected chi connectivity index (χ3v) is 2.67. The molecule has 4 heteroatoms. The maximum absolute atomic E-state index is 10.5. The number of nitro groups is 1. The number of hydrogen-bond acceptors (Lipinski definition) is 3. The molecule has 0 unspecified atom stereocenters. The van der Waals surface area contributed by atoms with Gasteiger partial charge in [0, 0.05) is 24.7 Å². The largest absolute Gasteiger partial charge is 0.311 e. The monoisotopic (exact) mass is 248 g/mol. The number of rotatable bonds is 6. The summed E-state index contributed by atoms with van der Waals surface area (Å²) < 4.78 is 0. The second-order valence-corrected chi connectivity index (χ2v) is 4.54. The fourth-order valence-electron chi connectivity index (χ4n) is 1.54. The molecule has 0 spiro atoms. The Kier molecular flexibility index (Phi) is 5.52. The molecule has 0 saturated heterocycles. The van der Waals surface area contributed by atoms with Crippen molar-refractivity contribution in [1.29, 1.82) is 0 Å². The molecule has 0 saturated carbocycles. The highest BCUT2D eigenvalue weighted by Crippen LogP contribution is 2.15. The molecule has 0 atom stereocenters. The first-order valence-electron chi connectivity index (χ1n) is 6.20. The van der Waals surface area contributed by atoms with Gasteiger partial charge in [0.25, 0.3) is 5.69 Å². The van der Waals surface area contributed by atoms with E-state index in [1.807, 2.05) is 0 Å². The molecule has 0 fully saturated rings. The molecule has 0 heterocycles. The van der Waals surface area contributed by atoms with E-state index < -0.39 is 0 Å². The summed E-state index contributed by atoms with van der Waals surface area (Å²) in [7, 11) is 0. The molecule has 1 N–H and O–H groups in total.